The van der Waals surface area contributed by atoms with Gasteiger partial charge in [0.05, 0.1) is 39.6 Å². The number of rotatable bonds is 14. The number of hydrogen-bond acceptors (Lipinski definition) is 7. The molecule has 0 N–H and O–H groups in total. The largest absolute Gasteiger partial charge is 0.374 e. The summed E-state index contributed by atoms with van der Waals surface area (Å²) in [5.41, 5.74) is 6.77. The highest BCUT2D eigenvalue weighted by Crippen LogP contribution is 2.50. The van der Waals surface area contributed by atoms with Crippen molar-refractivity contribution >= 4 is 11.8 Å². The Hall–Kier alpha value is -4.23. The summed E-state index contributed by atoms with van der Waals surface area (Å²) in [7, 11) is 0. The van der Waals surface area contributed by atoms with Crippen LogP contribution in [0.5, 0.6) is 0 Å². The van der Waals surface area contributed by atoms with Crippen molar-refractivity contribution in [2.24, 2.45) is 0 Å². The SMILES string of the molecule is C#Cc1cc2c(cc1SC)CO[C@]21O[C@H](COCc2ccccc2)[C@@H](OCc2ccccc2)[C@H](OCc2ccccc2)[C@H]1OCc1ccccc1. The minimum atomic E-state index is -1.35. The molecule has 51 heavy (non-hydrogen) atoms. The summed E-state index contributed by atoms with van der Waals surface area (Å²) in [5.74, 6) is 1.54. The molecule has 5 atom stereocenters. The molecule has 1 spiro atoms. The van der Waals surface area contributed by atoms with Crippen LogP contribution in [0.4, 0.5) is 0 Å². The number of hydrogen-bond donors (Lipinski definition) is 0. The first-order chi connectivity index (χ1) is 25.2. The van der Waals surface area contributed by atoms with E-state index >= 15 is 0 Å². The van der Waals surface area contributed by atoms with E-state index in [-0.39, 0.29) is 6.61 Å². The highest BCUT2D eigenvalue weighted by molar-refractivity contribution is 7.98. The van der Waals surface area contributed by atoms with Crippen molar-refractivity contribution in [1.82, 2.24) is 0 Å². The van der Waals surface area contributed by atoms with Crippen molar-refractivity contribution in [3.8, 4) is 12.3 Å². The summed E-state index contributed by atoms with van der Waals surface area (Å²) in [6.45, 7) is 1.98. The second kappa shape index (κ2) is 16.9. The first-order valence-electron chi connectivity index (χ1n) is 17.2. The van der Waals surface area contributed by atoms with Gasteiger partial charge < -0.3 is 28.4 Å². The summed E-state index contributed by atoms with van der Waals surface area (Å²) in [4.78, 5) is 1.01. The van der Waals surface area contributed by atoms with E-state index in [1.807, 2.05) is 109 Å². The van der Waals surface area contributed by atoms with Crippen molar-refractivity contribution in [3.05, 3.63) is 172 Å². The fourth-order valence-corrected chi connectivity index (χ4v) is 7.38. The molecule has 1 saturated heterocycles. The Bertz CT molecular complexity index is 1880. The molecule has 0 bridgehead atoms. The van der Waals surface area contributed by atoms with Gasteiger partial charge in [-0.3, -0.25) is 0 Å². The standard InChI is InChI=1S/C44H42O6S/c1-3-36-24-38-37(25-40(36)51-2)30-49-44(38)43(48-29-35-22-14-7-15-23-35)42(47-28-34-20-12-6-13-21-34)41(46-27-33-18-10-5-11-19-33)39(50-44)31-45-26-32-16-8-4-9-17-32/h1,4-25,39,41-43H,26-31H2,2H3/t39-,41-,42+,43-,44+/m1/s1. The third kappa shape index (κ3) is 8.14. The summed E-state index contributed by atoms with van der Waals surface area (Å²) >= 11 is 1.62. The van der Waals surface area contributed by atoms with E-state index in [4.69, 9.17) is 34.8 Å². The number of terminal acetylenes is 1. The topological polar surface area (TPSA) is 55.4 Å². The van der Waals surface area contributed by atoms with Gasteiger partial charge in [-0.25, -0.2) is 0 Å². The van der Waals surface area contributed by atoms with Crippen molar-refractivity contribution in [1.29, 1.82) is 0 Å². The Labute approximate surface area is 305 Å². The Morgan fingerprint density at radius 2 is 1.20 bits per heavy atom. The van der Waals surface area contributed by atoms with E-state index in [1.54, 1.807) is 11.8 Å². The number of fused-ring (bicyclic) bond motifs is 2. The molecule has 1 fully saturated rings. The van der Waals surface area contributed by atoms with E-state index in [2.05, 4.69) is 36.3 Å². The molecule has 0 aliphatic carbocycles. The third-order valence-corrected chi connectivity index (χ3v) is 10.1. The Kier molecular flexibility index (Phi) is 11.6. The quantitative estimate of drug-likeness (QED) is 0.0853. The average Bonchev–Trinajstić information content (AvgIpc) is 3.54. The van der Waals surface area contributed by atoms with Gasteiger partial charge in [0, 0.05) is 16.0 Å². The molecule has 6 nitrogen and oxygen atoms in total. The van der Waals surface area contributed by atoms with Crippen LogP contribution in [0.1, 0.15) is 38.9 Å². The van der Waals surface area contributed by atoms with Gasteiger partial charge in [-0.1, -0.05) is 127 Å². The summed E-state index contributed by atoms with van der Waals surface area (Å²) in [6.07, 6.45) is 5.56. The van der Waals surface area contributed by atoms with E-state index in [0.29, 0.717) is 33.0 Å². The maximum absolute atomic E-state index is 7.20. The molecular weight excluding hydrogens is 657 g/mol. The van der Waals surface area contributed by atoms with Crippen LogP contribution in [0.3, 0.4) is 0 Å². The zero-order valence-electron chi connectivity index (χ0n) is 28.7. The maximum Gasteiger partial charge on any atom is 0.226 e. The molecule has 5 aromatic rings. The average molecular weight is 699 g/mol. The zero-order valence-corrected chi connectivity index (χ0v) is 29.5. The van der Waals surface area contributed by atoms with Crippen LogP contribution in [0.2, 0.25) is 0 Å². The zero-order chi connectivity index (χ0) is 34.9. The summed E-state index contributed by atoms with van der Waals surface area (Å²) in [6, 6.07) is 44.6. The first-order valence-corrected chi connectivity index (χ1v) is 18.5. The fourth-order valence-electron chi connectivity index (χ4n) is 6.78. The molecule has 5 aromatic carbocycles. The highest BCUT2D eigenvalue weighted by Gasteiger charge is 2.61. The lowest BCUT2D eigenvalue weighted by molar-refractivity contribution is -0.387. The Morgan fingerprint density at radius 3 is 1.73 bits per heavy atom. The predicted molar refractivity (Wildman–Crippen MR) is 199 cm³/mol. The van der Waals surface area contributed by atoms with Crippen LogP contribution in [0.25, 0.3) is 0 Å². The molecule has 7 rings (SSSR count). The third-order valence-electron chi connectivity index (χ3n) is 9.32. The number of thioether (sulfide) groups is 1. The minimum absolute atomic E-state index is 0.232. The molecular formula is C44H42O6S. The first kappa shape index (κ1) is 35.2. The second-order valence-corrected chi connectivity index (χ2v) is 13.6. The van der Waals surface area contributed by atoms with Crippen molar-refractivity contribution < 1.29 is 28.4 Å². The predicted octanol–water partition coefficient (Wildman–Crippen LogP) is 8.44. The lowest BCUT2D eigenvalue weighted by Crippen LogP contribution is -2.65. The van der Waals surface area contributed by atoms with Crippen LogP contribution in [0.15, 0.2) is 138 Å². The molecule has 2 aliphatic rings. The second-order valence-electron chi connectivity index (χ2n) is 12.7. The van der Waals surface area contributed by atoms with Gasteiger partial charge >= 0.3 is 0 Å². The molecule has 2 heterocycles. The van der Waals surface area contributed by atoms with Crippen molar-refractivity contribution in [2.75, 3.05) is 12.9 Å². The van der Waals surface area contributed by atoms with Crippen molar-refractivity contribution in [3.63, 3.8) is 0 Å². The lowest BCUT2D eigenvalue weighted by atomic mass is 9.86. The normalized spacial score (nSPS) is 22.4. The molecule has 0 radical (unpaired) electrons. The van der Waals surface area contributed by atoms with Crippen LogP contribution >= 0.6 is 11.8 Å². The van der Waals surface area contributed by atoms with Crippen molar-refractivity contribution in [2.45, 2.75) is 68.1 Å². The van der Waals surface area contributed by atoms with Gasteiger partial charge in [0.1, 0.15) is 24.4 Å². The van der Waals surface area contributed by atoms with Gasteiger partial charge in [-0.05, 0) is 46.2 Å². The van der Waals surface area contributed by atoms with Crippen LogP contribution in [0, 0.1) is 12.3 Å². The fraction of sp³-hybridized carbons (Fsp3) is 0.273. The Morgan fingerprint density at radius 1 is 0.686 bits per heavy atom. The van der Waals surface area contributed by atoms with Crippen LogP contribution < -0.4 is 0 Å². The van der Waals surface area contributed by atoms with E-state index in [9.17, 15) is 0 Å². The van der Waals surface area contributed by atoms with Gasteiger partial charge in [-0.15, -0.1) is 18.2 Å². The summed E-state index contributed by atoms with van der Waals surface area (Å²) in [5, 5.41) is 0. The molecule has 0 saturated carbocycles. The van der Waals surface area contributed by atoms with Crippen LogP contribution in [-0.4, -0.2) is 37.3 Å². The summed E-state index contributed by atoms with van der Waals surface area (Å²) < 4.78 is 41.2. The molecule has 0 unspecified atom stereocenters. The monoisotopic (exact) mass is 698 g/mol. The van der Waals surface area contributed by atoms with Gasteiger partial charge in [0.15, 0.2) is 0 Å². The number of benzene rings is 5. The highest BCUT2D eigenvalue weighted by atomic mass is 32.2. The molecule has 260 valence electrons. The minimum Gasteiger partial charge on any atom is -0.374 e. The maximum atomic E-state index is 7.20. The smallest absolute Gasteiger partial charge is 0.226 e. The Balaban J connectivity index is 1.31. The van der Waals surface area contributed by atoms with Gasteiger partial charge in [-0.2, -0.15) is 0 Å². The van der Waals surface area contributed by atoms with Crippen LogP contribution in [-0.2, 0) is 67.2 Å². The molecule has 0 amide bonds. The van der Waals surface area contributed by atoms with E-state index < -0.39 is 30.2 Å². The lowest BCUT2D eigenvalue weighted by Gasteiger charge is -2.51. The van der Waals surface area contributed by atoms with E-state index in [1.165, 1.54) is 0 Å². The molecule has 7 heteroatoms. The molecule has 0 aromatic heterocycles. The van der Waals surface area contributed by atoms with Gasteiger partial charge in [0.2, 0.25) is 5.79 Å². The van der Waals surface area contributed by atoms with E-state index in [0.717, 1.165) is 43.8 Å². The van der Waals surface area contributed by atoms with Gasteiger partial charge in [0.25, 0.3) is 0 Å². The molecule has 2 aliphatic heterocycles. The number of ether oxygens (including phenoxy) is 6.